The lowest BCUT2D eigenvalue weighted by atomic mass is 9.85. The van der Waals surface area contributed by atoms with Gasteiger partial charge < -0.3 is 4.90 Å². The number of halogens is 1. The summed E-state index contributed by atoms with van der Waals surface area (Å²) in [7, 11) is 1.92. The Morgan fingerprint density at radius 3 is 3.09 bits per heavy atom. The first kappa shape index (κ1) is 16.7. The zero-order valence-electron chi connectivity index (χ0n) is 13.6. The Morgan fingerprint density at radius 1 is 1.48 bits per heavy atom. The van der Waals surface area contributed by atoms with E-state index in [4.69, 9.17) is 11.6 Å². The molecule has 0 saturated carbocycles. The van der Waals surface area contributed by atoms with E-state index >= 15 is 0 Å². The molecule has 3 rings (SSSR count). The summed E-state index contributed by atoms with van der Waals surface area (Å²) in [6.45, 7) is 3.01. The Hall–Kier alpha value is -1.20. The molecule has 2 aromatic heterocycles. The fraction of sp³-hybridized carbons (Fsp3) is 0.588. The smallest absolute Gasteiger partial charge is 0.222 e. The topological polar surface area (TPSA) is 46.1 Å². The number of aryl methyl sites for hydroxylation is 1. The van der Waals surface area contributed by atoms with Gasteiger partial charge in [0, 0.05) is 24.9 Å². The Balaban J connectivity index is 1.70. The van der Waals surface area contributed by atoms with Crippen molar-refractivity contribution >= 4 is 39.1 Å². The average Bonchev–Trinajstić information content (AvgIpc) is 2.91. The molecule has 2 heterocycles. The second-order valence-corrected chi connectivity index (χ2v) is 7.77. The van der Waals surface area contributed by atoms with E-state index in [1.165, 1.54) is 16.8 Å². The summed E-state index contributed by atoms with van der Waals surface area (Å²) >= 11 is 7.95. The van der Waals surface area contributed by atoms with Crippen molar-refractivity contribution in [3.05, 3.63) is 21.9 Å². The third kappa shape index (κ3) is 3.50. The van der Waals surface area contributed by atoms with Gasteiger partial charge >= 0.3 is 0 Å². The summed E-state index contributed by atoms with van der Waals surface area (Å²) in [6, 6.07) is 0. The van der Waals surface area contributed by atoms with Gasteiger partial charge in [-0.05, 0) is 37.2 Å². The number of amides is 1. The number of carbonyl (C=O) groups is 1. The summed E-state index contributed by atoms with van der Waals surface area (Å²) in [4.78, 5) is 25.0. The lowest BCUT2D eigenvalue weighted by Crippen LogP contribution is -2.30. The number of fused-ring (bicyclic) bond motifs is 3. The molecule has 0 radical (unpaired) electrons. The molecule has 1 unspecified atom stereocenters. The van der Waals surface area contributed by atoms with E-state index in [9.17, 15) is 4.79 Å². The van der Waals surface area contributed by atoms with E-state index in [-0.39, 0.29) is 5.91 Å². The third-order valence-corrected chi connectivity index (χ3v) is 6.09. The molecule has 1 amide bonds. The van der Waals surface area contributed by atoms with Gasteiger partial charge in [-0.15, -0.1) is 11.3 Å². The zero-order valence-corrected chi connectivity index (χ0v) is 15.2. The second-order valence-electron chi connectivity index (χ2n) is 6.33. The number of thiophene rings is 1. The Kier molecular flexibility index (Phi) is 5.17. The van der Waals surface area contributed by atoms with Crippen LogP contribution >= 0.6 is 22.9 Å². The molecule has 0 aliphatic heterocycles. The highest BCUT2D eigenvalue weighted by Gasteiger charge is 2.26. The standard InChI is InChI=1S/C17H22ClN3OS/c1-3-4-7-21(2)14(22)9-11-5-6-12-13(8-11)23-17-15(12)16(18)19-10-20-17/h10-11H,3-9H2,1-2H3. The fourth-order valence-electron chi connectivity index (χ4n) is 3.24. The molecule has 0 spiro atoms. The van der Waals surface area contributed by atoms with Crippen molar-refractivity contribution in [1.82, 2.24) is 14.9 Å². The molecule has 1 atom stereocenters. The second kappa shape index (κ2) is 7.14. The normalized spacial score (nSPS) is 17.3. The predicted octanol–water partition coefficient (Wildman–Crippen LogP) is 4.10. The summed E-state index contributed by atoms with van der Waals surface area (Å²) in [5, 5.41) is 1.58. The Morgan fingerprint density at radius 2 is 2.30 bits per heavy atom. The SMILES string of the molecule is CCCCN(C)C(=O)CC1CCc2c(sc3ncnc(Cl)c23)C1. The molecular formula is C17H22ClN3OS. The monoisotopic (exact) mass is 351 g/mol. The van der Waals surface area contributed by atoms with E-state index in [0.29, 0.717) is 17.5 Å². The van der Waals surface area contributed by atoms with E-state index in [1.54, 1.807) is 11.3 Å². The molecule has 0 bridgehead atoms. The van der Waals surface area contributed by atoms with Gasteiger partial charge in [-0.25, -0.2) is 9.97 Å². The predicted molar refractivity (Wildman–Crippen MR) is 95.1 cm³/mol. The van der Waals surface area contributed by atoms with Gasteiger partial charge in [0.1, 0.15) is 16.3 Å². The number of hydrogen-bond acceptors (Lipinski definition) is 4. The highest BCUT2D eigenvalue weighted by atomic mass is 35.5. The first-order valence-corrected chi connectivity index (χ1v) is 9.44. The molecule has 0 N–H and O–H groups in total. The number of carbonyl (C=O) groups excluding carboxylic acids is 1. The molecule has 0 aromatic carbocycles. The van der Waals surface area contributed by atoms with E-state index in [1.807, 2.05) is 11.9 Å². The molecule has 4 nitrogen and oxygen atoms in total. The Labute approximate surface area is 145 Å². The van der Waals surface area contributed by atoms with Crippen LogP contribution in [0.1, 0.15) is 43.0 Å². The maximum absolute atomic E-state index is 12.3. The molecule has 124 valence electrons. The van der Waals surface area contributed by atoms with Crippen LogP contribution in [0.4, 0.5) is 0 Å². The summed E-state index contributed by atoms with van der Waals surface area (Å²) < 4.78 is 0. The molecular weight excluding hydrogens is 330 g/mol. The molecule has 2 aromatic rings. The number of aromatic nitrogens is 2. The molecule has 0 fully saturated rings. The van der Waals surface area contributed by atoms with Crippen LogP contribution in [-0.4, -0.2) is 34.4 Å². The van der Waals surface area contributed by atoms with E-state index < -0.39 is 0 Å². The van der Waals surface area contributed by atoms with Crippen molar-refractivity contribution in [2.45, 2.75) is 45.4 Å². The minimum absolute atomic E-state index is 0.269. The number of rotatable bonds is 5. The van der Waals surface area contributed by atoms with Crippen LogP contribution in [0.3, 0.4) is 0 Å². The zero-order chi connectivity index (χ0) is 16.4. The summed E-state index contributed by atoms with van der Waals surface area (Å²) in [6.07, 6.45) is 7.33. The van der Waals surface area contributed by atoms with Crippen LogP contribution in [0.15, 0.2) is 6.33 Å². The van der Waals surface area contributed by atoms with Crippen molar-refractivity contribution in [2.75, 3.05) is 13.6 Å². The molecule has 23 heavy (non-hydrogen) atoms. The third-order valence-electron chi connectivity index (χ3n) is 4.64. The van der Waals surface area contributed by atoms with Crippen molar-refractivity contribution in [2.24, 2.45) is 5.92 Å². The average molecular weight is 352 g/mol. The Bertz CT molecular complexity index is 715. The van der Waals surface area contributed by atoms with Gasteiger partial charge in [-0.3, -0.25) is 4.79 Å². The minimum Gasteiger partial charge on any atom is -0.346 e. The summed E-state index contributed by atoms with van der Waals surface area (Å²) in [5.41, 5.74) is 1.30. The van der Waals surface area contributed by atoms with Crippen molar-refractivity contribution in [1.29, 1.82) is 0 Å². The van der Waals surface area contributed by atoms with Gasteiger partial charge in [0.2, 0.25) is 5.91 Å². The van der Waals surface area contributed by atoms with E-state index in [2.05, 4.69) is 16.9 Å². The van der Waals surface area contributed by atoms with Gasteiger partial charge in [0.05, 0.1) is 5.39 Å². The number of nitrogens with zero attached hydrogens (tertiary/aromatic N) is 3. The lowest BCUT2D eigenvalue weighted by molar-refractivity contribution is -0.131. The molecule has 1 aliphatic rings. The lowest BCUT2D eigenvalue weighted by Gasteiger charge is -2.24. The quantitative estimate of drug-likeness (QED) is 0.762. The number of hydrogen-bond donors (Lipinski definition) is 0. The van der Waals surface area contributed by atoms with Gasteiger partial charge in [-0.1, -0.05) is 24.9 Å². The van der Waals surface area contributed by atoms with Crippen LogP contribution < -0.4 is 0 Å². The molecule has 6 heteroatoms. The highest BCUT2D eigenvalue weighted by molar-refractivity contribution is 7.19. The first-order valence-electron chi connectivity index (χ1n) is 8.24. The number of unbranched alkanes of at least 4 members (excludes halogenated alkanes) is 1. The first-order chi connectivity index (χ1) is 11.1. The maximum Gasteiger partial charge on any atom is 0.222 e. The van der Waals surface area contributed by atoms with Crippen LogP contribution in [0.25, 0.3) is 10.2 Å². The van der Waals surface area contributed by atoms with Crippen LogP contribution in [-0.2, 0) is 17.6 Å². The van der Waals surface area contributed by atoms with Crippen molar-refractivity contribution in [3.63, 3.8) is 0 Å². The van der Waals surface area contributed by atoms with Crippen LogP contribution in [0.5, 0.6) is 0 Å². The van der Waals surface area contributed by atoms with Gasteiger partial charge in [0.25, 0.3) is 0 Å². The molecule has 0 saturated heterocycles. The van der Waals surface area contributed by atoms with E-state index in [0.717, 1.165) is 48.9 Å². The van der Waals surface area contributed by atoms with Gasteiger partial charge in [0.15, 0.2) is 0 Å². The molecule has 1 aliphatic carbocycles. The van der Waals surface area contributed by atoms with Gasteiger partial charge in [-0.2, -0.15) is 0 Å². The maximum atomic E-state index is 12.3. The minimum atomic E-state index is 0.269. The van der Waals surface area contributed by atoms with Crippen molar-refractivity contribution < 1.29 is 4.79 Å². The summed E-state index contributed by atoms with van der Waals surface area (Å²) in [5.74, 6) is 0.699. The fourth-order valence-corrected chi connectivity index (χ4v) is 4.84. The largest absolute Gasteiger partial charge is 0.346 e. The highest BCUT2D eigenvalue weighted by Crippen LogP contribution is 2.40. The van der Waals surface area contributed by atoms with Crippen molar-refractivity contribution in [3.8, 4) is 0 Å². The van der Waals surface area contributed by atoms with Crippen LogP contribution in [0.2, 0.25) is 5.15 Å². The van der Waals surface area contributed by atoms with Crippen LogP contribution in [0, 0.1) is 5.92 Å².